The highest BCUT2D eigenvalue weighted by Gasteiger charge is 2.05. The van der Waals surface area contributed by atoms with Crippen molar-refractivity contribution in [1.29, 1.82) is 0 Å². The van der Waals surface area contributed by atoms with Crippen molar-refractivity contribution in [2.24, 2.45) is 0 Å². The second kappa shape index (κ2) is 6.14. The molecule has 0 saturated heterocycles. The number of thiol groups is 1. The Morgan fingerprint density at radius 1 is 1.20 bits per heavy atom. The molecule has 80 valence electrons. The van der Waals surface area contributed by atoms with Crippen LogP contribution in [0.5, 0.6) is 5.95 Å². The van der Waals surface area contributed by atoms with E-state index in [0.29, 0.717) is 11.8 Å². The highest BCUT2D eigenvalue weighted by atomic mass is 32.1. The van der Waals surface area contributed by atoms with E-state index in [1.54, 1.807) is 0 Å². The molecule has 1 aromatic heterocycles. The Morgan fingerprint density at radius 2 is 1.87 bits per heavy atom. The Morgan fingerprint density at radius 3 is 2.40 bits per heavy atom. The Balaban J connectivity index is 0.000000531. The smallest absolute Gasteiger partial charge is 0.317 e. The maximum atomic E-state index is 5.21. The van der Waals surface area contributed by atoms with Crippen molar-refractivity contribution in [3.63, 3.8) is 0 Å². The standard InChI is InChI=1S/C9H7NO2S.C2H6/c13-12-8-6-10-9(11-8)7-4-2-1-3-5-7;1-2/h1-6,13H;1-2H3. The van der Waals surface area contributed by atoms with Crippen molar-refractivity contribution >= 4 is 12.9 Å². The van der Waals surface area contributed by atoms with E-state index in [2.05, 4.69) is 22.1 Å². The zero-order valence-corrected chi connectivity index (χ0v) is 9.57. The summed E-state index contributed by atoms with van der Waals surface area (Å²) in [4.78, 5) is 4.02. The van der Waals surface area contributed by atoms with Gasteiger partial charge in [-0.1, -0.05) is 32.0 Å². The first kappa shape index (κ1) is 11.7. The van der Waals surface area contributed by atoms with Gasteiger partial charge in [0.2, 0.25) is 5.89 Å². The Bertz CT molecular complexity index is 386. The minimum Gasteiger partial charge on any atom is -0.405 e. The lowest BCUT2D eigenvalue weighted by Crippen LogP contribution is -1.73. The fourth-order valence-corrected chi connectivity index (χ4v) is 1.10. The minimum absolute atomic E-state index is 0.294. The van der Waals surface area contributed by atoms with Crippen molar-refractivity contribution in [3.8, 4) is 17.4 Å². The zero-order valence-electron chi connectivity index (χ0n) is 8.68. The van der Waals surface area contributed by atoms with Crippen LogP contribution in [0.15, 0.2) is 40.9 Å². The normalized spacial score (nSPS) is 9.00. The van der Waals surface area contributed by atoms with Crippen LogP contribution >= 0.6 is 12.9 Å². The summed E-state index contributed by atoms with van der Waals surface area (Å²) in [6.45, 7) is 4.00. The van der Waals surface area contributed by atoms with Gasteiger partial charge in [0, 0.05) is 18.5 Å². The van der Waals surface area contributed by atoms with Crippen molar-refractivity contribution in [3.05, 3.63) is 36.5 Å². The monoisotopic (exact) mass is 223 g/mol. The molecule has 0 aliphatic rings. The fraction of sp³-hybridized carbons (Fsp3) is 0.182. The molecule has 4 heteroatoms. The van der Waals surface area contributed by atoms with Crippen LogP contribution in [0.25, 0.3) is 11.5 Å². The van der Waals surface area contributed by atoms with E-state index in [4.69, 9.17) is 4.42 Å². The minimum atomic E-state index is 0.294. The molecule has 1 heterocycles. The Labute approximate surface area is 94.7 Å². The van der Waals surface area contributed by atoms with Crippen LogP contribution in [-0.4, -0.2) is 4.98 Å². The van der Waals surface area contributed by atoms with Gasteiger partial charge in [-0.2, -0.15) is 0 Å². The second-order valence-corrected chi connectivity index (χ2v) is 2.62. The van der Waals surface area contributed by atoms with E-state index in [1.165, 1.54) is 6.20 Å². The molecule has 2 aromatic rings. The molecule has 0 atom stereocenters. The van der Waals surface area contributed by atoms with Crippen LogP contribution in [0.4, 0.5) is 0 Å². The predicted molar refractivity (Wildman–Crippen MR) is 62.9 cm³/mol. The van der Waals surface area contributed by atoms with Gasteiger partial charge in [0.25, 0.3) is 0 Å². The van der Waals surface area contributed by atoms with Gasteiger partial charge in [-0.15, -0.1) is 0 Å². The summed E-state index contributed by atoms with van der Waals surface area (Å²) in [7, 11) is 0. The van der Waals surface area contributed by atoms with Crippen molar-refractivity contribution in [2.75, 3.05) is 0 Å². The molecule has 0 amide bonds. The Kier molecular flexibility index (Phi) is 4.77. The van der Waals surface area contributed by atoms with Gasteiger partial charge >= 0.3 is 5.95 Å². The van der Waals surface area contributed by atoms with Crippen molar-refractivity contribution < 1.29 is 8.60 Å². The predicted octanol–water partition coefficient (Wildman–Crippen LogP) is 3.59. The van der Waals surface area contributed by atoms with Gasteiger partial charge in [-0.05, 0) is 12.1 Å². The maximum Gasteiger partial charge on any atom is 0.317 e. The van der Waals surface area contributed by atoms with Crippen LogP contribution in [0.1, 0.15) is 13.8 Å². The average Bonchev–Trinajstić information content (AvgIpc) is 2.81. The van der Waals surface area contributed by atoms with E-state index in [1.807, 2.05) is 44.2 Å². The van der Waals surface area contributed by atoms with E-state index < -0.39 is 0 Å². The third-order valence-corrected chi connectivity index (χ3v) is 1.78. The lowest BCUT2D eigenvalue weighted by atomic mass is 10.2. The second-order valence-electron chi connectivity index (χ2n) is 2.44. The van der Waals surface area contributed by atoms with Crippen LogP contribution in [0.3, 0.4) is 0 Å². The van der Waals surface area contributed by atoms with Crippen LogP contribution in [0, 0.1) is 0 Å². The highest BCUT2D eigenvalue weighted by molar-refractivity contribution is 7.75. The van der Waals surface area contributed by atoms with Gasteiger partial charge in [0.15, 0.2) is 0 Å². The molecule has 0 unspecified atom stereocenters. The number of aromatic nitrogens is 1. The average molecular weight is 223 g/mol. The van der Waals surface area contributed by atoms with Gasteiger partial charge in [-0.25, -0.2) is 4.98 Å². The van der Waals surface area contributed by atoms with Gasteiger partial charge < -0.3 is 8.60 Å². The molecule has 1 aromatic carbocycles. The summed E-state index contributed by atoms with van der Waals surface area (Å²) in [6.07, 6.45) is 1.48. The molecule has 0 radical (unpaired) electrons. The third kappa shape index (κ3) is 3.02. The molecule has 0 aliphatic carbocycles. The number of oxazole rings is 1. The molecule has 0 spiro atoms. The van der Waals surface area contributed by atoms with E-state index in [9.17, 15) is 0 Å². The van der Waals surface area contributed by atoms with E-state index >= 15 is 0 Å². The van der Waals surface area contributed by atoms with Gasteiger partial charge in [0.05, 0.1) is 0 Å². The molecular weight excluding hydrogens is 210 g/mol. The summed E-state index contributed by atoms with van der Waals surface area (Å²) in [5.41, 5.74) is 0.916. The first-order valence-corrected chi connectivity index (χ1v) is 5.09. The molecule has 3 nitrogen and oxygen atoms in total. The van der Waals surface area contributed by atoms with Crippen LogP contribution in [0.2, 0.25) is 0 Å². The summed E-state index contributed by atoms with van der Waals surface area (Å²) in [5, 5.41) is 0. The van der Waals surface area contributed by atoms with Gasteiger partial charge in [-0.3, -0.25) is 0 Å². The number of rotatable bonds is 2. The third-order valence-electron chi connectivity index (χ3n) is 1.60. The summed E-state index contributed by atoms with van der Waals surface area (Å²) in [6, 6.07) is 9.59. The highest BCUT2D eigenvalue weighted by Crippen LogP contribution is 2.22. The summed E-state index contributed by atoms with van der Waals surface area (Å²) >= 11 is 3.60. The SMILES string of the molecule is CC.SOc1cnc(-c2ccccc2)o1. The molecule has 2 rings (SSSR count). The van der Waals surface area contributed by atoms with Crippen molar-refractivity contribution in [2.45, 2.75) is 13.8 Å². The lowest BCUT2D eigenvalue weighted by Gasteiger charge is -1.92. The molecule has 0 N–H and O–H groups in total. The molecule has 0 saturated carbocycles. The van der Waals surface area contributed by atoms with E-state index in [-0.39, 0.29) is 0 Å². The van der Waals surface area contributed by atoms with Gasteiger partial charge in [0.1, 0.15) is 6.20 Å². The quantitative estimate of drug-likeness (QED) is 0.624. The molecule has 0 aliphatic heterocycles. The molecular formula is C11H13NO2S. The molecule has 0 bridgehead atoms. The number of benzene rings is 1. The maximum absolute atomic E-state index is 5.21. The van der Waals surface area contributed by atoms with Crippen molar-refractivity contribution in [1.82, 2.24) is 4.98 Å². The number of hydrogen-bond donors (Lipinski definition) is 1. The zero-order chi connectivity index (χ0) is 11.1. The lowest BCUT2D eigenvalue weighted by molar-refractivity contribution is 0.433. The largest absolute Gasteiger partial charge is 0.405 e. The fourth-order valence-electron chi connectivity index (χ4n) is 1.02. The van der Waals surface area contributed by atoms with Crippen LogP contribution in [-0.2, 0) is 0 Å². The first-order valence-electron chi connectivity index (χ1n) is 4.73. The topological polar surface area (TPSA) is 35.3 Å². The van der Waals surface area contributed by atoms with E-state index in [0.717, 1.165) is 5.56 Å². The Hall–Kier alpha value is -1.42. The summed E-state index contributed by atoms with van der Waals surface area (Å²) < 4.78 is 9.79. The number of hydrogen-bond acceptors (Lipinski definition) is 4. The summed E-state index contributed by atoms with van der Waals surface area (Å²) in [5.74, 6) is 0.826. The molecule has 0 fully saturated rings. The first-order chi connectivity index (χ1) is 7.40. The molecule has 15 heavy (non-hydrogen) atoms. The number of nitrogens with zero attached hydrogens (tertiary/aromatic N) is 1. The van der Waals surface area contributed by atoms with Crippen LogP contribution < -0.4 is 4.18 Å².